The number of hydrogen-bond acceptors (Lipinski definition) is 4. The maximum Gasteiger partial charge on any atom is 0.256 e. The molecule has 112 valence electrons. The van der Waals surface area contributed by atoms with Gasteiger partial charge in [-0.15, -0.1) is 11.3 Å². The molecule has 3 N–H and O–H groups in total. The van der Waals surface area contributed by atoms with E-state index in [0.717, 1.165) is 10.4 Å². The van der Waals surface area contributed by atoms with Gasteiger partial charge in [-0.2, -0.15) is 5.26 Å². The maximum atomic E-state index is 12.4. The molecule has 6 heteroatoms. The summed E-state index contributed by atoms with van der Waals surface area (Å²) >= 11 is 1.31. The lowest BCUT2D eigenvalue weighted by Gasteiger charge is -2.08. The van der Waals surface area contributed by atoms with Crippen LogP contribution in [0.5, 0.6) is 0 Å². The first-order valence-corrected chi connectivity index (χ1v) is 7.43. The third-order valence-electron chi connectivity index (χ3n) is 3.39. The zero-order chi connectivity index (χ0) is 16.3. The number of benzene rings is 1. The summed E-state index contributed by atoms with van der Waals surface area (Å²) in [7, 11) is 0. The van der Waals surface area contributed by atoms with Crippen molar-refractivity contribution in [3.05, 3.63) is 51.4 Å². The van der Waals surface area contributed by atoms with Crippen LogP contribution in [0.15, 0.2) is 24.3 Å². The molecule has 0 saturated carbocycles. The first kappa shape index (κ1) is 15.7. The summed E-state index contributed by atoms with van der Waals surface area (Å²) in [4.78, 5) is 24.9. The first-order chi connectivity index (χ1) is 10.5. The molecule has 0 saturated heterocycles. The average molecular weight is 313 g/mol. The largest absolute Gasteiger partial charge is 0.365 e. The van der Waals surface area contributed by atoms with Crippen LogP contribution in [-0.2, 0) is 6.42 Å². The van der Waals surface area contributed by atoms with Gasteiger partial charge in [0.25, 0.3) is 11.8 Å². The third-order valence-corrected chi connectivity index (χ3v) is 4.51. The zero-order valence-corrected chi connectivity index (χ0v) is 13.1. The molecule has 1 heterocycles. The lowest BCUT2D eigenvalue weighted by molar-refractivity contribution is 0.100. The summed E-state index contributed by atoms with van der Waals surface area (Å²) in [5, 5.41) is 12.0. The van der Waals surface area contributed by atoms with E-state index in [0.29, 0.717) is 21.7 Å². The van der Waals surface area contributed by atoms with Crippen molar-refractivity contribution < 1.29 is 9.59 Å². The normalized spacial score (nSPS) is 10.0. The quantitative estimate of drug-likeness (QED) is 0.908. The Morgan fingerprint density at radius 2 is 2.00 bits per heavy atom. The molecule has 2 rings (SSSR count). The second-order valence-electron chi connectivity index (χ2n) is 4.80. The Kier molecular flexibility index (Phi) is 4.59. The highest BCUT2D eigenvalue weighted by molar-refractivity contribution is 7.16. The van der Waals surface area contributed by atoms with Gasteiger partial charge in [-0.05, 0) is 31.0 Å². The highest BCUT2D eigenvalue weighted by atomic mass is 32.1. The van der Waals surface area contributed by atoms with Gasteiger partial charge in [0.05, 0.1) is 18.1 Å². The van der Waals surface area contributed by atoms with Crippen LogP contribution in [0.25, 0.3) is 0 Å². The molecule has 22 heavy (non-hydrogen) atoms. The molecule has 1 aromatic heterocycles. The number of carbonyl (C=O) groups is 2. The van der Waals surface area contributed by atoms with E-state index in [-0.39, 0.29) is 12.3 Å². The van der Waals surface area contributed by atoms with Gasteiger partial charge in [0.1, 0.15) is 5.00 Å². The highest BCUT2D eigenvalue weighted by Crippen LogP contribution is 2.32. The topological polar surface area (TPSA) is 96.0 Å². The maximum absolute atomic E-state index is 12.4. The van der Waals surface area contributed by atoms with E-state index in [1.165, 1.54) is 11.3 Å². The SMILES string of the molecule is Cc1sc(NC(=O)c2ccccc2CC#N)c(C(N)=O)c1C. The van der Waals surface area contributed by atoms with Gasteiger partial charge in [0.2, 0.25) is 0 Å². The van der Waals surface area contributed by atoms with Crippen LogP contribution < -0.4 is 11.1 Å². The lowest BCUT2D eigenvalue weighted by atomic mass is 10.0. The first-order valence-electron chi connectivity index (χ1n) is 6.61. The molecule has 2 amide bonds. The number of primary amides is 1. The van der Waals surface area contributed by atoms with Gasteiger partial charge in [0.15, 0.2) is 0 Å². The summed E-state index contributed by atoms with van der Waals surface area (Å²) in [5.41, 5.74) is 7.58. The summed E-state index contributed by atoms with van der Waals surface area (Å²) in [6.45, 7) is 3.66. The molecule has 0 unspecified atom stereocenters. The number of hydrogen-bond donors (Lipinski definition) is 2. The number of carbonyl (C=O) groups excluding carboxylic acids is 2. The summed E-state index contributed by atoms with van der Waals surface area (Å²) in [5.74, 6) is -0.919. The predicted molar refractivity (Wildman–Crippen MR) is 86.0 cm³/mol. The fourth-order valence-corrected chi connectivity index (χ4v) is 3.22. The van der Waals surface area contributed by atoms with Crippen molar-refractivity contribution in [2.24, 2.45) is 5.73 Å². The van der Waals surface area contributed by atoms with Crippen LogP contribution in [0.2, 0.25) is 0 Å². The van der Waals surface area contributed by atoms with E-state index in [2.05, 4.69) is 5.32 Å². The molecular weight excluding hydrogens is 298 g/mol. The molecular formula is C16H15N3O2S. The monoisotopic (exact) mass is 313 g/mol. The number of rotatable bonds is 4. The number of amides is 2. The molecule has 0 aliphatic carbocycles. The Morgan fingerprint density at radius 1 is 1.32 bits per heavy atom. The number of aryl methyl sites for hydroxylation is 1. The van der Waals surface area contributed by atoms with Gasteiger partial charge >= 0.3 is 0 Å². The van der Waals surface area contributed by atoms with Crippen LogP contribution in [0.3, 0.4) is 0 Å². The zero-order valence-electron chi connectivity index (χ0n) is 12.3. The summed E-state index contributed by atoms with van der Waals surface area (Å²) < 4.78 is 0. The number of nitrogens with two attached hydrogens (primary N) is 1. The average Bonchev–Trinajstić information content (AvgIpc) is 2.74. The Labute approximate surface area is 132 Å². The van der Waals surface area contributed by atoms with Crippen molar-refractivity contribution in [3.8, 4) is 6.07 Å². The van der Waals surface area contributed by atoms with Crippen LogP contribution >= 0.6 is 11.3 Å². The van der Waals surface area contributed by atoms with Gasteiger partial charge < -0.3 is 11.1 Å². The lowest BCUT2D eigenvalue weighted by Crippen LogP contribution is -2.18. The van der Waals surface area contributed by atoms with E-state index >= 15 is 0 Å². The van der Waals surface area contributed by atoms with Crippen molar-refractivity contribution in [2.45, 2.75) is 20.3 Å². The Balaban J connectivity index is 2.37. The molecule has 0 radical (unpaired) electrons. The second kappa shape index (κ2) is 6.41. The number of nitriles is 1. The highest BCUT2D eigenvalue weighted by Gasteiger charge is 2.20. The Bertz CT molecular complexity index is 787. The van der Waals surface area contributed by atoms with E-state index < -0.39 is 5.91 Å². The van der Waals surface area contributed by atoms with E-state index in [1.54, 1.807) is 31.2 Å². The number of anilines is 1. The van der Waals surface area contributed by atoms with Crippen molar-refractivity contribution in [1.29, 1.82) is 5.26 Å². The molecule has 0 spiro atoms. The molecule has 1 aromatic carbocycles. The van der Waals surface area contributed by atoms with Gasteiger partial charge in [-0.3, -0.25) is 9.59 Å². The fraction of sp³-hybridized carbons (Fsp3) is 0.188. The molecule has 0 aliphatic heterocycles. The summed E-state index contributed by atoms with van der Waals surface area (Å²) in [6.07, 6.45) is 0.148. The molecule has 0 aliphatic rings. The van der Waals surface area contributed by atoms with Gasteiger partial charge in [0, 0.05) is 10.4 Å². The van der Waals surface area contributed by atoms with Crippen molar-refractivity contribution in [3.63, 3.8) is 0 Å². The molecule has 0 bridgehead atoms. The van der Waals surface area contributed by atoms with E-state index in [4.69, 9.17) is 11.0 Å². The minimum Gasteiger partial charge on any atom is -0.365 e. The Morgan fingerprint density at radius 3 is 2.64 bits per heavy atom. The van der Waals surface area contributed by atoms with Crippen molar-refractivity contribution >= 4 is 28.2 Å². The van der Waals surface area contributed by atoms with Crippen LogP contribution in [0.4, 0.5) is 5.00 Å². The molecule has 0 fully saturated rings. The smallest absolute Gasteiger partial charge is 0.256 e. The predicted octanol–water partition coefficient (Wildman–Crippen LogP) is 2.78. The van der Waals surface area contributed by atoms with E-state index in [9.17, 15) is 9.59 Å². The molecule has 0 atom stereocenters. The Hall–Kier alpha value is -2.65. The number of nitrogens with one attached hydrogen (secondary N) is 1. The van der Waals surface area contributed by atoms with Crippen LogP contribution in [0, 0.1) is 25.2 Å². The molecule has 5 nitrogen and oxygen atoms in total. The number of nitrogens with zero attached hydrogens (tertiary/aromatic N) is 1. The second-order valence-corrected chi connectivity index (χ2v) is 6.02. The fourth-order valence-electron chi connectivity index (χ4n) is 2.16. The minimum absolute atomic E-state index is 0.148. The van der Waals surface area contributed by atoms with Crippen molar-refractivity contribution in [2.75, 3.05) is 5.32 Å². The summed E-state index contributed by atoms with van der Waals surface area (Å²) in [6, 6.07) is 8.93. The molecule has 2 aromatic rings. The third kappa shape index (κ3) is 3.00. The van der Waals surface area contributed by atoms with Crippen LogP contribution in [0.1, 0.15) is 36.7 Å². The standard InChI is InChI=1S/C16H15N3O2S/c1-9-10(2)22-16(13(9)14(18)20)19-15(21)12-6-4-3-5-11(12)7-8-17/h3-6H,7H2,1-2H3,(H2,18,20)(H,19,21). The van der Waals surface area contributed by atoms with Crippen molar-refractivity contribution in [1.82, 2.24) is 0 Å². The van der Waals surface area contributed by atoms with Gasteiger partial charge in [-0.1, -0.05) is 18.2 Å². The van der Waals surface area contributed by atoms with Crippen LogP contribution in [-0.4, -0.2) is 11.8 Å². The number of thiophene rings is 1. The van der Waals surface area contributed by atoms with E-state index in [1.807, 2.05) is 13.0 Å². The van der Waals surface area contributed by atoms with Gasteiger partial charge in [-0.25, -0.2) is 0 Å². The minimum atomic E-state index is -0.567.